The summed E-state index contributed by atoms with van der Waals surface area (Å²) in [6.07, 6.45) is 1.23. The predicted octanol–water partition coefficient (Wildman–Crippen LogP) is 4.09. The molecule has 0 spiro atoms. The third kappa shape index (κ3) is 2.62. The largest absolute Gasteiger partial charge is 0.458 e. The van der Waals surface area contributed by atoms with E-state index < -0.39 is 0 Å². The number of carbonyl (C=O) groups excluding carboxylic acids is 1. The number of thiophene rings is 1. The molecule has 0 unspecified atom stereocenters. The molecule has 0 saturated heterocycles. The van der Waals surface area contributed by atoms with Crippen LogP contribution in [0.3, 0.4) is 0 Å². The Labute approximate surface area is 106 Å². The average Bonchev–Trinajstić information content (AvgIpc) is 2.87. The summed E-state index contributed by atoms with van der Waals surface area (Å²) in [7, 11) is 0. The Hall–Kier alpha value is -0.870. The molecule has 0 aromatic carbocycles. The molecule has 0 N–H and O–H groups in total. The number of ketones is 1. The van der Waals surface area contributed by atoms with Crippen molar-refractivity contribution < 1.29 is 9.21 Å². The fourth-order valence-corrected chi connectivity index (χ4v) is 2.89. The molecule has 84 valence electrons. The topological polar surface area (TPSA) is 30.2 Å². The Morgan fingerprint density at radius 1 is 1.38 bits per heavy atom. The first-order valence-corrected chi connectivity index (χ1v) is 6.66. The molecular formula is C12H11BrO2S. The van der Waals surface area contributed by atoms with Crippen molar-refractivity contribution in [2.45, 2.75) is 19.8 Å². The minimum absolute atomic E-state index is 0.0362. The van der Waals surface area contributed by atoms with E-state index in [0.717, 1.165) is 20.8 Å². The van der Waals surface area contributed by atoms with Gasteiger partial charge in [-0.1, -0.05) is 6.92 Å². The van der Waals surface area contributed by atoms with Crippen LogP contribution in [-0.2, 0) is 12.8 Å². The van der Waals surface area contributed by atoms with Gasteiger partial charge < -0.3 is 4.42 Å². The molecule has 2 aromatic heterocycles. The van der Waals surface area contributed by atoms with E-state index in [0.29, 0.717) is 12.2 Å². The molecule has 0 aliphatic heterocycles. The van der Waals surface area contributed by atoms with Gasteiger partial charge >= 0.3 is 0 Å². The molecular weight excluding hydrogens is 288 g/mol. The highest BCUT2D eigenvalue weighted by molar-refractivity contribution is 9.11. The van der Waals surface area contributed by atoms with E-state index in [1.54, 1.807) is 17.4 Å². The molecule has 4 heteroatoms. The van der Waals surface area contributed by atoms with E-state index in [-0.39, 0.29) is 5.78 Å². The maximum Gasteiger partial charge on any atom is 0.203 e. The number of rotatable bonds is 4. The van der Waals surface area contributed by atoms with E-state index in [1.807, 2.05) is 25.1 Å². The molecule has 0 atom stereocenters. The second-order valence-electron chi connectivity index (χ2n) is 3.43. The van der Waals surface area contributed by atoms with Gasteiger partial charge in [0.15, 0.2) is 5.76 Å². The lowest BCUT2D eigenvalue weighted by atomic mass is 10.2. The zero-order chi connectivity index (χ0) is 11.5. The monoisotopic (exact) mass is 298 g/mol. The highest BCUT2D eigenvalue weighted by atomic mass is 79.9. The lowest BCUT2D eigenvalue weighted by molar-refractivity contribution is 0.0965. The highest BCUT2D eigenvalue weighted by Crippen LogP contribution is 2.23. The molecule has 0 saturated carbocycles. The molecule has 2 aromatic rings. The van der Waals surface area contributed by atoms with Crippen LogP contribution in [-0.4, -0.2) is 5.78 Å². The second-order valence-corrected chi connectivity index (χ2v) is 5.97. The SMILES string of the molecule is CCc1ccc(C(=O)Cc2ccc(Br)s2)o1. The predicted molar refractivity (Wildman–Crippen MR) is 68.1 cm³/mol. The van der Waals surface area contributed by atoms with E-state index in [2.05, 4.69) is 15.9 Å². The summed E-state index contributed by atoms with van der Waals surface area (Å²) in [6, 6.07) is 7.52. The van der Waals surface area contributed by atoms with Crippen LogP contribution in [0, 0.1) is 0 Å². The van der Waals surface area contributed by atoms with E-state index in [9.17, 15) is 4.79 Å². The number of halogens is 1. The maximum atomic E-state index is 11.9. The van der Waals surface area contributed by atoms with Crippen LogP contribution in [0.5, 0.6) is 0 Å². The molecule has 0 radical (unpaired) electrons. The standard InChI is InChI=1S/C12H11BrO2S/c1-2-8-3-5-11(15-8)10(14)7-9-4-6-12(13)16-9/h3-6H,2,7H2,1H3. The minimum atomic E-state index is 0.0362. The minimum Gasteiger partial charge on any atom is -0.458 e. The fourth-order valence-electron chi connectivity index (χ4n) is 1.41. The zero-order valence-corrected chi connectivity index (χ0v) is 11.2. The van der Waals surface area contributed by atoms with E-state index in [4.69, 9.17) is 4.42 Å². The Kier molecular flexibility index (Phi) is 3.61. The smallest absolute Gasteiger partial charge is 0.203 e. The van der Waals surface area contributed by atoms with Gasteiger partial charge in [-0.25, -0.2) is 0 Å². The van der Waals surface area contributed by atoms with Crippen LogP contribution in [0.2, 0.25) is 0 Å². The van der Waals surface area contributed by atoms with Crippen LogP contribution >= 0.6 is 27.3 Å². The number of Topliss-reactive ketones (excluding diaryl/α,β-unsaturated/α-hetero) is 1. The first kappa shape index (κ1) is 11.6. The molecule has 16 heavy (non-hydrogen) atoms. The second kappa shape index (κ2) is 4.97. The van der Waals surface area contributed by atoms with Crippen LogP contribution < -0.4 is 0 Å². The number of aryl methyl sites for hydroxylation is 1. The lowest BCUT2D eigenvalue weighted by Gasteiger charge is -1.94. The van der Waals surface area contributed by atoms with Crippen molar-refractivity contribution >= 4 is 33.0 Å². The Bertz CT molecular complexity index is 499. The van der Waals surface area contributed by atoms with Crippen LogP contribution in [0.25, 0.3) is 0 Å². The van der Waals surface area contributed by atoms with Gasteiger partial charge in [-0.15, -0.1) is 11.3 Å². The average molecular weight is 299 g/mol. The van der Waals surface area contributed by atoms with E-state index in [1.165, 1.54) is 0 Å². The van der Waals surface area contributed by atoms with Gasteiger partial charge in [-0.2, -0.15) is 0 Å². The molecule has 0 bridgehead atoms. The summed E-state index contributed by atoms with van der Waals surface area (Å²) in [5, 5.41) is 0. The summed E-state index contributed by atoms with van der Waals surface area (Å²) < 4.78 is 6.46. The molecule has 0 aliphatic carbocycles. The highest BCUT2D eigenvalue weighted by Gasteiger charge is 2.12. The maximum absolute atomic E-state index is 11.9. The molecule has 0 fully saturated rings. The number of carbonyl (C=O) groups is 1. The summed E-state index contributed by atoms with van der Waals surface area (Å²) in [6.45, 7) is 2.00. The van der Waals surface area contributed by atoms with Gasteiger partial charge in [0, 0.05) is 17.7 Å². The first-order chi connectivity index (χ1) is 7.69. The third-order valence-electron chi connectivity index (χ3n) is 2.25. The van der Waals surface area contributed by atoms with Crippen molar-refractivity contribution in [3.05, 3.63) is 44.4 Å². The summed E-state index contributed by atoms with van der Waals surface area (Å²) in [4.78, 5) is 12.9. The first-order valence-electron chi connectivity index (χ1n) is 5.05. The summed E-state index contributed by atoms with van der Waals surface area (Å²) >= 11 is 4.95. The van der Waals surface area contributed by atoms with Crippen molar-refractivity contribution in [1.82, 2.24) is 0 Å². The van der Waals surface area contributed by atoms with Crippen molar-refractivity contribution in [2.24, 2.45) is 0 Å². The number of furan rings is 1. The fraction of sp³-hybridized carbons (Fsp3) is 0.250. The molecule has 2 nitrogen and oxygen atoms in total. The molecule has 2 heterocycles. The quantitative estimate of drug-likeness (QED) is 0.796. The van der Waals surface area contributed by atoms with Crippen LogP contribution in [0.1, 0.15) is 28.1 Å². The Balaban J connectivity index is 2.08. The Morgan fingerprint density at radius 3 is 2.75 bits per heavy atom. The summed E-state index contributed by atoms with van der Waals surface area (Å²) in [5.41, 5.74) is 0. The van der Waals surface area contributed by atoms with Crippen molar-refractivity contribution in [2.75, 3.05) is 0 Å². The third-order valence-corrected chi connectivity index (χ3v) is 3.87. The van der Waals surface area contributed by atoms with Crippen LogP contribution in [0.15, 0.2) is 32.5 Å². The van der Waals surface area contributed by atoms with Gasteiger partial charge in [0.05, 0.1) is 3.79 Å². The van der Waals surface area contributed by atoms with Crippen molar-refractivity contribution in [1.29, 1.82) is 0 Å². The van der Waals surface area contributed by atoms with Gasteiger partial charge in [0.2, 0.25) is 5.78 Å². The van der Waals surface area contributed by atoms with Gasteiger partial charge in [0.1, 0.15) is 5.76 Å². The normalized spacial score (nSPS) is 10.6. The number of hydrogen-bond acceptors (Lipinski definition) is 3. The number of hydrogen-bond donors (Lipinski definition) is 0. The lowest BCUT2D eigenvalue weighted by Crippen LogP contribution is -2.00. The van der Waals surface area contributed by atoms with Gasteiger partial charge in [0.25, 0.3) is 0 Å². The zero-order valence-electron chi connectivity index (χ0n) is 8.83. The van der Waals surface area contributed by atoms with Gasteiger partial charge in [-0.3, -0.25) is 4.79 Å². The molecule has 0 aliphatic rings. The van der Waals surface area contributed by atoms with Crippen molar-refractivity contribution in [3.63, 3.8) is 0 Å². The van der Waals surface area contributed by atoms with E-state index >= 15 is 0 Å². The van der Waals surface area contributed by atoms with Crippen molar-refractivity contribution in [3.8, 4) is 0 Å². The molecule has 2 rings (SSSR count). The molecule has 0 amide bonds. The summed E-state index contributed by atoms with van der Waals surface area (Å²) in [5.74, 6) is 1.35. The van der Waals surface area contributed by atoms with Crippen LogP contribution in [0.4, 0.5) is 0 Å². The van der Waals surface area contributed by atoms with Gasteiger partial charge in [-0.05, 0) is 40.2 Å². The Morgan fingerprint density at radius 2 is 2.19 bits per heavy atom.